The molecule has 0 amide bonds. The molecule has 1 heterocycles. The summed E-state index contributed by atoms with van der Waals surface area (Å²) in [5.74, 6) is 0.648. The molecule has 2 atom stereocenters. The predicted octanol–water partition coefficient (Wildman–Crippen LogP) is -0.558. The summed E-state index contributed by atoms with van der Waals surface area (Å²) in [5, 5.41) is 3.08. The van der Waals surface area contributed by atoms with Gasteiger partial charge in [-0.1, -0.05) is 0 Å². The Hall–Kier alpha value is -0.120. The van der Waals surface area contributed by atoms with Crippen LogP contribution in [0.5, 0.6) is 0 Å². The highest BCUT2D eigenvalue weighted by Gasteiger charge is 2.23. The predicted molar refractivity (Wildman–Crippen MR) is 42.6 cm³/mol. The summed E-state index contributed by atoms with van der Waals surface area (Å²) in [6.45, 7) is 2.34. The lowest BCUT2D eigenvalue weighted by molar-refractivity contribution is 0.351. The van der Waals surface area contributed by atoms with Crippen LogP contribution in [-0.4, -0.2) is 38.3 Å². The quantitative estimate of drug-likeness (QED) is 0.509. The molecule has 1 saturated heterocycles. The summed E-state index contributed by atoms with van der Waals surface area (Å²) in [6.07, 6.45) is 1.42. The zero-order valence-electron chi connectivity index (χ0n) is 6.80. The molecule has 60 valence electrons. The van der Waals surface area contributed by atoms with Crippen molar-refractivity contribution in [1.29, 1.82) is 0 Å². The van der Waals surface area contributed by atoms with Crippen LogP contribution < -0.4 is 11.1 Å². The Labute approximate surface area is 62.6 Å². The maximum atomic E-state index is 5.80. The van der Waals surface area contributed by atoms with Gasteiger partial charge in [0.15, 0.2) is 0 Å². The Morgan fingerprint density at radius 1 is 1.70 bits per heavy atom. The van der Waals surface area contributed by atoms with Gasteiger partial charge in [-0.2, -0.15) is 0 Å². The molecule has 1 aliphatic rings. The lowest BCUT2D eigenvalue weighted by atomic mass is 10.1. The second kappa shape index (κ2) is 3.32. The van der Waals surface area contributed by atoms with Gasteiger partial charge in [0.2, 0.25) is 0 Å². The summed E-state index contributed by atoms with van der Waals surface area (Å²) < 4.78 is 0. The van der Waals surface area contributed by atoms with Crippen molar-refractivity contribution in [3.8, 4) is 0 Å². The minimum atomic E-state index is 0.185. The minimum absolute atomic E-state index is 0.185. The van der Waals surface area contributed by atoms with Crippen molar-refractivity contribution in [3.05, 3.63) is 0 Å². The molecule has 0 saturated carbocycles. The van der Waals surface area contributed by atoms with E-state index in [0.29, 0.717) is 5.92 Å². The fraction of sp³-hybridized carbons (Fsp3) is 1.00. The molecular weight excluding hydrogens is 126 g/mol. The first-order valence-corrected chi connectivity index (χ1v) is 3.85. The Kier molecular flexibility index (Phi) is 2.65. The average molecular weight is 143 g/mol. The van der Waals surface area contributed by atoms with Gasteiger partial charge < -0.3 is 16.0 Å². The Bertz CT molecular complexity index is 105. The van der Waals surface area contributed by atoms with E-state index >= 15 is 0 Å². The fourth-order valence-corrected chi connectivity index (χ4v) is 1.50. The van der Waals surface area contributed by atoms with Gasteiger partial charge in [-0.25, -0.2) is 0 Å². The number of hydrogen-bond donors (Lipinski definition) is 2. The van der Waals surface area contributed by atoms with Crippen LogP contribution in [-0.2, 0) is 0 Å². The smallest absolute Gasteiger partial charge is 0.0585 e. The second-order valence-corrected chi connectivity index (χ2v) is 3.13. The molecule has 10 heavy (non-hydrogen) atoms. The van der Waals surface area contributed by atoms with Gasteiger partial charge >= 0.3 is 0 Å². The minimum Gasteiger partial charge on any atom is -0.316 e. The summed E-state index contributed by atoms with van der Waals surface area (Å²) in [5.41, 5.74) is 5.80. The van der Waals surface area contributed by atoms with Gasteiger partial charge in [-0.3, -0.25) is 0 Å². The van der Waals surface area contributed by atoms with Crippen molar-refractivity contribution in [2.45, 2.75) is 12.6 Å². The van der Waals surface area contributed by atoms with E-state index in [0.717, 1.165) is 6.54 Å². The molecule has 0 radical (unpaired) electrons. The van der Waals surface area contributed by atoms with E-state index in [4.69, 9.17) is 5.73 Å². The first-order chi connectivity index (χ1) is 4.74. The Morgan fingerprint density at radius 2 is 2.40 bits per heavy atom. The van der Waals surface area contributed by atoms with Gasteiger partial charge in [-0.15, -0.1) is 0 Å². The van der Waals surface area contributed by atoms with Crippen molar-refractivity contribution in [2.24, 2.45) is 11.7 Å². The fourth-order valence-electron chi connectivity index (χ4n) is 1.50. The second-order valence-electron chi connectivity index (χ2n) is 3.13. The molecule has 0 aromatic heterocycles. The van der Waals surface area contributed by atoms with Crippen molar-refractivity contribution in [2.75, 3.05) is 27.2 Å². The van der Waals surface area contributed by atoms with E-state index < -0.39 is 0 Å². The van der Waals surface area contributed by atoms with Crippen LogP contribution >= 0.6 is 0 Å². The number of rotatable bonds is 2. The van der Waals surface area contributed by atoms with E-state index in [1.165, 1.54) is 13.0 Å². The summed E-state index contributed by atoms with van der Waals surface area (Å²) in [6, 6.07) is 0. The molecule has 1 aliphatic heterocycles. The number of nitrogens with zero attached hydrogens (tertiary/aromatic N) is 1. The van der Waals surface area contributed by atoms with Crippen LogP contribution in [0.2, 0.25) is 0 Å². The summed E-state index contributed by atoms with van der Waals surface area (Å²) >= 11 is 0. The van der Waals surface area contributed by atoms with Crippen molar-refractivity contribution in [1.82, 2.24) is 10.2 Å². The molecule has 0 spiro atoms. The van der Waals surface area contributed by atoms with E-state index in [9.17, 15) is 0 Å². The number of nitrogens with two attached hydrogens (primary N) is 1. The molecule has 1 fully saturated rings. The highest BCUT2D eigenvalue weighted by molar-refractivity contribution is 4.79. The first-order valence-electron chi connectivity index (χ1n) is 3.85. The highest BCUT2D eigenvalue weighted by Crippen LogP contribution is 2.15. The van der Waals surface area contributed by atoms with E-state index in [-0.39, 0.29) is 6.17 Å². The zero-order valence-corrected chi connectivity index (χ0v) is 6.80. The Balaban J connectivity index is 2.29. The van der Waals surface area contributed by atoms with E-state index in [1.54, 1.807) is 0 Å². The summed E-state index contributed by atoms with van der Waals surface area (Å²) in [7, 11) is 4.06. The third-order valence-corrected chi connectivity index (χ3v) is 2.27. The highest BCUT2D eigenvalue weighted by atomic mass is 15.1. The van der Waals surface area contributed by atoms with E-state index in [2.05, 4.69) is 17.3 Å². The van der Waals surface area contributed by atoms with E-state index in [1.807, 2.05) is 7.05 Å². The third kappa shape index (κ3) is 1.68. The van der Waals surface area contributed by atoms with Crippen LogP contribution in [0.1, 0.15) is 6.42 Å². The van der Waals surface area contributed by atoms with Crippen LogP contribution in [0.4, 0.5) is 0 Å². The standard InChI is InChI=1S/C7H17N3/c1-9-7(8)6-3-4-10(2)5-6/h6-7,9H,3-5,8H2,1-2H3. The monoisotopic (exact) mass is 143 g/mol. The molecule has 2 unspecified atom stereocenters. The summed E-state index contributed by atoms with van der Waals surface area (Å²) in [4.78, 5) is 2.32. The third-order valence-electron chi connectivity index (χ3n) is 2.27. The number of likely N-dealkylation sites (tertiary alicyclic amines) is 1. The molecule has 3 heteroatoms. The molecule has 0 aromatic rings. The number of nitrogens with one attached hydrogen (secondary N) is 1. The van der Waals surface area contributed by atoms with Gasteiger partial charge in [0.25, 0.3) is 0 Å². The number of hydrogen-bond acceptors (Lipinski definition) is 3. The van der Waals surface area contributed by atoms with Gasteiger partial charge in [-0.05, 0) is 27.1 Å². The SMILES string of the molecule is CNC(N)C1CCN(C)C1. The van der Waals surface area contributed by atoms with Gasteiger partial charge in [0.05, 0.1) is 6.17 Å². The lowest BCUT2D eigenvalue weighted by Gasteiger charge is -2.17. The van der Waals surface area contributed by atoms with Crippen LogP contribution in [0.3, 0.4) is 0 Å². The maximum Gasteiger partial charge on any atom is 0.0585 e. The Morgan fingerprint density at radius 3 is 2.80 bits per heavy atom. The van der Waals surface area contributed by atoms with Crippen molar-refractivity contribution >= 4 is 0 Å². The first kappa shape index (κ1) is 7.98. The molecular formula is C7H17N3. The molecule has 0 aromatic carbocycles. The van der Waals surface area contributed by atoms with Crippen LogP contribution in [0, 0.1) is 5.92 Å². The molecule has 3 nitrogen and oxygen atoms in total. The molecule has 1 rings (SSSR count). The zero-order chi connectivity index (χ0) is 7.56. The van der Waals surface area contributed by atoms with Gasteiger partial charge in [0, 0.05) is 12.5 Å². The maximum absolute atomic E-state index is 5.80. The topological polar surface area (TPSA) is 41.3 Å². The molecule has 3 N–H and O–H groups in total. The van der Waals surface area contributed by atoms with Crippen molar-refractivity contribution < 1.29 is 0 Å². The van der Waals surface area contributed by atoms with Crippen LogP contribution in [0.15, 0.2) is 0 Å². The molecule has 0 bridgehead atoms. The molecule has 0 aliphatic carbocycles. The lowest BCUT2D eigenvalue weighted by Crippen LogP contribution is -2.42. The normalized spacial score (nSPS) is 30.9. The average Bonchev–Trinajstić information content (AvgIpc) is 2.34. The van der Waals surface area contributed by atoms with Gasteiger partial charge in [0.1, 0.15) is 0 Å². The largest absolute Gasteiger partial charge is 0.316 e. The van der Waals surface area contributed by atoms with Crippen LogP contribution in [0.25, 0.3) is 0 Å². The van der Waals surface area contributed by atoms with Crippen molar-refractivity contribution in [3.63, 3.8) is 0 Å².